The summed E-state index contributed by atoms with van der Waals surface area (Å²) in [5, 5.41) is 6.15. The molecule has 1 amide bonds. The molecule has 2 rings (SSSR count). The van der Waals surface area contributed by atoms with Crippen LogP contribution < -0.4 is 10.6 Å². The number of hydrogen-bond acceptors (Lipinski definition) is 3. The normalized spacial score (nSPS) is 17.1. The number of amides is 1. The van der Waals surface area contributed by atoms with E-state index in [1.807, 2.05) is 14.0 Å². The number of nitrogens with zero attached hydrogens (tertiary/aromatic N) is 1. The fourth-order valence-electron chi connectivity index (χ4n) is 3.08. The second-order valence-corrected chi connectivity index (χ2v) is 6.39. The summed E-state index contributed by atoms with van der Waals surface area (Å²) in [6.07, 6.45) is 3.55. The number of halogens is 2. The van der Waals surface area contributed by atoms with Crippen LogP contribution in [-0.2, 0) is 11.3 Å². The van der Waals surface area contributed by atoms with Crippen molar-refractivity contribution >= 4 is 18.3 Å². The van der Waals surface area contributed by atoms with Crippen LogP contribution in [0.2, 0.25) is 0 Å². The molecule has 24 heavy (non-hydrogen) atoms. The van der Waals surface area contributed by atoms with Gasteiger partial charge in [0.2, 0.25) is 5.91 Å². The summed E-state index contributed by atoms with van der Waals surface area (Å²) in [6, 6.07) is 6.13. The van der Waals surface area contributed by atoms with Crippen molar-refractivity contribution in [3.8, 4) is 0 Å². The average molecular weight is 358 g/mol. The fraction of sp³-hybridized carbons (Fsp3) is 0.611. The van der Waals surface area contributed by atoms with E-state index >= 15 is 0 Å². The molecule has 1 aliphatic heterocycles. The van der Waals surface area contributed by atoms with E-state index in [0.29, 0.717) is 6.54 Å². The zero-order valence-electron chi connectivity index (χ0n) is 14.6. The first-order chi connectivity index (χ1) is 11.1. The lowest BCUT2D eigenvalue weighted by molar-refractivity contribution is -0.126. The molecule has 2 N–H and O–H groups in total. The van der Waals surface area contributed by atoms with Crippen LogP contribution >= 0.6 is 12.4 Å². The second kappa shape index (κ2) is 10.6. The Morgan fingerprint density at radius 2 is 1.92 bits per heavy atom. The topological polar surface area (TPSA) is 44.4 Å². The van der Waals surface area contributed by atoms with Crippen LogP contribution in [-0.4, -0.2) is 43.5 Å². The molecule has 1 fully saturated rings. The van der Waals surface area contributed by atoms with E-state index in [4.69, 9.17) is 0 Å². The molecule has 0 saturated carbocycles. The van der Waals surface area contributed by atoms with E-state index in [1.54, 1.807) is 12.1 Å². The van der Waals surface area contributed by atoms with Gasteiger partial charge in [0.15, 0.2) is 0 Å². The van der Waals surface area contributed by atoms with Gasteiger partial charge >= 0.3 is 0 Å². The van der Waals surface area contributed by atoms with Crippen LogP contribution in [0, 0.1) is 11.7 Å². The van der Waals surface area contributed by atoms with Gasteiger partial charge in [-0.25, -0.2) is 4.39 Å². The van der Waals surface area contributed by atoms with E-state index in [0.717, 1.165) is 44.0 Å². The second-order valence-electron chi connectivity index (χ2n) is 6.39. The number of rotatable bonds is 7. The zero-order valence-corrected chi connectivity index (χ0v) is 15.4. The predicted molar refractivity (Wildman–Crippen MR) is 97.8 cm³/mol. The number of likely N-dealkylation sites (tertiary alicyclic amines) is 1. The summed E-state index contributed by atoms with van der Waals surface area (Å²) in [4.78, 5) is 14.6. The Hall–Kier alpha value is -1.17. The van der Waals surface area contributed by atoms with Crippen LogP contribution in [0.15, 0.2) is 24.3 Å². The van der Waals surface area contributed by atoms with Crippen LogP contribution in [0.1, 0.15) is 31.7 Å². The molecule has 136 valence electrons. The highest BCUT2D eigenvalue weighted by Crippen LogP contribution is 2.21. The molecule has 0 radical (unpaired) electrons. The third kappa shape index (κ3) is 6.38. The lowest BCUT2D eigenvalue weighted by Gasteiger charge is -2.35. The highest BCUT2D eigenvalue weighted by atomic mass is 35.5. The first-order valence-corrected chi connectivity index (χ1v) is 8.51. The van der Waals surface area contributed by atoms with Gasteiger partial charge in [-0.15, -0.1) is 12.4 Å². The summed E-state index contributed by atoms with van der Waals surface area (Å²) in [6.45, 7) is 5.45. The first-order valence-electron chi connectivity index (χ1n) is 8.51. The molecule has 6 heteroatoms. The molecule has 1 saturated heterocycles. The maximum atomic E-state index is 12.9. The third-order valence-electron chi connectivity index (χ3n) is 4.76. The van der Waals surface area contributed by atoms with Gasteiger partial charge in [0, 0.05) is 6.54 Å². The van der Waals surface area contributed by atoms with Crippen LogP contribution in [0.3, 0.4) is 0 Å². The smallest absolute Gasteiger partial charge is 0.237 e. The minimum Gasteiger partial charge on any atom is -0.351 e. The Morgan fingerprint density at radius 1 is 1.29 bits per heavy atom. The highest BCUT2D eigenvalue weighted by molar-refractivity contribution is 5.85. The Labute approximate surface area is 150 Å². The quantitative estimate of drug-likeness (QED) is 0.788. The number of piperidine rings is 1. The van der Waals surface area contributed by atoms with Crippen molar-refractivity contribution in [3.05, 3.63) is 35.6 Å². The van der Waals surface area contributed by atoms with E-state index in [9.17, 15) is 9.18 Å². The van der Waals surface area contributed by atoms with Crippen molar-refractivity contribution in [2.45, 2.75) is 38.8 Å². The van der Waals surface area contributed by atoms with E-state index in [1.165, 1.54) is 18.6 Å². The maximum absolute atomic E-state index is 12.9. The van der Waals surface area contributed by atoms with Crippen molar-refractivity contribution < 1.29 is 9.18 Å². The monoisotopic (exact) mass is 357 g/mol. The molecule has 1 atom stereocenters. The lowest BCUT2D eigenvalue weighted by Crippen LogP contribution is -2.48. The molecular weight excluding hydrogens is 329 g/mol. The van der Waals surface area contributed by atoms with Gasteiger partial charge in [0.05, 0.1) is 6.04 Å². The lowest BCUT2D eigenvalue weighted by atomic mass is 9.93. The zero-order chi connectivity index (χ0) is 16.7. The van der Waals surface area contributed by atoms with Gasteiger partial charge in [-0.2, -0.15) is 0 Å². The van der Waals surface area contributed by atoms with Gasteiger partial charge in [-0.3, -0.25) is 9.69 Å². The van der Waals surface area contributed by atoms with Crippen molar-refractivity contribution in [3.63, 3.8) is 0 Å². The maximum Gasteiger partial charge on any atom is 0.237 e. The standard InChI is InChI=1S/C18H28FN3O.ClH/c1-14(22-11-8-15(9-12-22)7-10-20-2)18(23)21-13-16-3-5-17(19)6-4-16;/h3-6,14-15,20H,7-13H2,1-2H3,(H,21,23);1H. The average Bonchev–Trinajstić information content (AvgIpc) is 2.59. The van der Waals surface area contributed by atoms with E-state index in [-0.39, 0.29) is 30.2 Å². The molecule has 0 aliphatic carbocycles. The molecule has 1 aromatic carbocycles. The molecule has 0 aromatic heterocycles. The highest BCUT2D eigenvalue weighted by Gasteiger charge is 2.26. The summed E-state index contributed by atoms with van der Waals surface area (Å²) < 4.78 is 12.9. The van der Waals surface area contributed by atoms with Crippen molar-refractivity contribution in [2.75, 3.05) is 26.7 Å². The van der Waals surface area contributed by atoms with Gasteiger partial charge < -0.3 is 10.6 Å². The fourth-order valence-corrected chi connectivity index (χ4v) is 3.08. The van der Waals surface area contributed by atoms with Crippen molar-refractivity contribution in [1.29, 1.82) is 0 Å². The molecule has 1 heterocycles. The summed E-state index contributed by atoms with van der Waals surface area (Å²) >= 11 is 0. The Bertz CT molecular complexity index is 490. The molecule has 1 aromatic rings. The SMILES string of the molecule is CNCCC1CCN(C(C)C(=O)NCc2ccc(F)cc2)CC1.Cl. The Kier molecular flexibility index (Phi) is 9.26. The molecule has 0 bridgehead atoms. The number of carbonyl (C=O) groups is 1. The van der Waals surface area contributed by atoms with Gasteiger partial charge in [0.25, 0.3) is 0 Å². The Morgan fingerprint density at radius 3 is 2.50 bits per heavy atom. The molecule has 4 nitrogen and oxygen atoms in total. The minimum absolute atomic E-state index is 0. The van der Waals surface area contributed by atoms with E-state index < -0.39 is 0 Å². The number of benzene rings is 1. The molecule has 0 spiro atoms. The summed E-state index contributed by atoms with van der Waals surface area (Å²) in [5.41, 5.74) is 0.915. The van der Waals surface area contributed by atoms with Crippen molar-refractivity contribution in [2.24, 2.45) is 5.92 Å². The molecule has 1 aliphatic rings. The van der Waals surface area contributed by atoms with Gasteiger partial charge in [0.1, 0.15) is 5.82 Å². The van der Waals surface area contributed by atoms with E-state index in [2.05, 4.69) is 15.5 Å². The molecular formula is C18H29ClFN3O. The third-order valence-corrected chi connectivity index (χ3v) is 4.76. The van der Waals surface area contributed by atoms with Crippen LogP contribution in [0.25, 0.3) is 0 Å². The van der Waals surface area contributed by atoms with Crippen molar-refractivity contribution in [1.82, 2.24) is 15.5 Å². The summed E-state index contributed by atoms with van der Waals surface area (Å²) in [5.74, 6) is 0.561. The van der Waals surface area contributed by atoms with Crippen LogP contribution in [0.4, 0.5) is 4.39 Å². The summed E-state index contributed by atoms with van der Waals surface area (Å²) in [7, 11) is 1.99. The van der Waals surface area contributed by atoms with Gasteiger partial charge in [-0.1, -0.05) is 12.1 Å². The minimum atomic E-state index is -0.255. The van der Waals surface area contributed by atoms with Crippen LogP contribution in [0.5, 0.6) is 0 Å². The Balaban J connectivity index is 0.00000288. The molecule has 1 unspecified atom stereocenters. The van der Waals surface area contributed by atoms with Gasteiger partial charge in [-0.05, 0) is 76.5 Å². The first kappa shape index (κ1) is 20.9. The predicted octanol–water partition coefficient (Wildman–Crippen LogP) is 2.57. The number of carbonyl (C=O) groups excluding carboxylic acids is 1. The largest absolute Gasteiger partial charge is 0.351 e. The number of nitrogens with one attached hydrogen (secondary N) is 2. The number of hydrogen-bond donors (Lipinski definition) is 2.